The third-order valence-corrected chi connectivity index (χ3v) is 3.37. The van der Waals surface area contributed by atoms with Gasteiger partial charge in [0.2, 0.25) is 0 Å². The minimum Gasteiger partial charge on any atom is -0.466 e. The summed E-state index contributed by atoms with van der Waals surface area (Å²) >= 11 is 0. The lowest BCUT2D eigenvalue weighted by Crippen LogP contribution is -2.46. The van der Waals surface area contributed by atoms with Crippen molar-refractivity contribution in [2.45, 2.75) is 45.3 Å². The fraction of sp³-hybridized carbons (Fsp3) is 0.857. The van der Waals surface area contributed by atoms with Crippen LogP contribution in [-0.2, 0) is 14.3 Å². The molecule has 7 nitrogen and oxygen atoms in total. The number of aliphatic hydroxyl groups excluding tert-OH is 1. The number of hydrogen-bond acceptors (Lipinski definition) is 6. The maximum absolute atomic E-state index is 11.5. The Morgan fingerprint density at radius 1 is 1.24 bits per heavy atom. The Bertz CT molecular complexity index is 329. The van der Waals surface area contributed by atoms with Gasteiger partial charge in [-0.3, -0.25) is 4.79 Å². The Morgan fingerprint density at radius 2 is 1.86 bits per heavy atom. The van der Waals surface area contributed by atoms with Gasteiger partial charge in [0.1, 0.15) is 0 Å². The van der Waals surface area contributed by atoms with Gasteiger partial charge in [-0.05, 0) is 26.7 Å². The van der Waals surface area contributed by atoms with E-state index in [4.69, 9.17) is 9.47 Å². The van der Waals surface area contributed by atoms with E-state index in [0.717, 1.165) is 12.8 Å². The van der Waals surface area contributed by atoms with Gasteiger partial charge in [0.05, 0.1) is 25.7 Å². The Balaban J connectivity index is 2.18. The molecule has 1 fully saturated rings. The predicted molar refractivity (Wildman–Crippen MR) is 76.9 cm³/mol. The summed E-state index contributed by atoms with van der Waals surface area (Å²) in [4.78, 5) is 24.5. The largest absolute Gasteiger partial charge is 0.466 e. The molecule has 0 bridgehead atoms. The number of carbonyl (C=O) groups excluding carboxylic acids is 2. The van der Waals surface area contributed by atoms with Crippen LogP contribution in [0.15, 0.2) is 0 Å². The fourth-order valence-corrected chi connectivity index (χ4v) is 2.27. The third-order valence-electron chi connectivity index (χ3n) is 3.37. The molecule has 1 atom stereocenters. The molecule has 1 aliphatic rings. The number of ether oxygens (including phenoxy) is 2. The van der Waals surface area contributed by atoms with Crippen molar-refractivity contribution in [1.29, 1.82) is 0 Å². The molecule has 0 aliphatic carbocycles. The summed E-state index contributed by atoms with van der Waals surface area (Å²) in [6.07, 6.45) is 0.615. The average molecular weight is 302 g/mol. The van der Waals surface area contributed by atoms with Gasteiger partial charge in [-0.25, -0.2) is 4.79 Å². The zero-order chi connectivity index (χ0) is 15.7. The van der Waals surface area contributed by atoms with Crippen molar-refractivity contribution in [3.8, 4) is 0 Å². The number of hydrogen-bond donors (Lipinski definition) is 2. The molecule has 0 radical (unpaired) electrons. The van der Waals surface area contributed by atoms with Gasteiger partial charge in [-0.15, -0.1) is 0 Å². The second kappa shape index (κ2) is 9.57. The first-order valence-corrected chi connectivity index (χ1v) is 7.55. The van der Waals surface area contributed by atoms with Gasteiger partial charge in [-0.2, -0.15) is 0 Å². The van der Waals surface area contributed by atoms with Crippen LogP contribution in [0.2, 0.25) is 0 Å². The first-order valence-electron chi connectivity index (χ1n) is 7.55. The van der Waals surface area contributed by atoms with Crippen molar-refractivity contribution in [2.75, 3.05) is 32.8 Å². The van der Waals surface area contributed by atoms with Gasteiger partial charge < -0.3 is 24.8 Å². The molecule has 122 valence electrons. The lowest BCUT2D eigenvalue weighted by Gasteiger charge is -2.32. The number of amides is 1. The second-order valence-corrected chi connectivity index (χ2v) is 5.03. The predicted octanol–water partition coefficient (Wildman–Crippen LogP) is 0.511. The first kappa shape index (κ1) is 17.7. The van der Waals surface area contributed by atoms with Gasteiger partial charge in [0.15, 0.2) is 0 Å². The molecule has 0 aromatic heterocycles. The van der Waals surface area contributed by atoms with Crippen LogP contribution in [0.1, 0.15) is 33.1 Å². The molecule has 0 spiro atoms. The topological polar surface area (TPSA) is 88.1 Å². The summed E-state index contributed by atoms with van der Waals surface area (Å²) in [6.45, 7) is 5.87. The molecule has 1 unspecified atom stereocenters. The van der Waals surface area contributed by atoms with E-state index in [-0.39, 0.29) is 24.5 Å². The average Bonchev–Trinajstić information content (AvgIpc) is 2.46. The molecule has 0 aromatic rings. The highest BCUT2D eigenvalue weighted by atomic mass is 16.6. The van der Waals surface area contributed by atoms with Gasteiger partial charge in [0.25, 0.3) is 0 Å². The molecular weight excluding hydrogens is 276 g/mol. The number of esters is 1. The molecule has 1 amide bonds. The van der Waals surface area contributed by atoms with E-state index in [1.165, 1.54) is 0 Å². The number of piperidine rings is 1. The summed E-state index contributed by atoms with van der Waals surface area (Å²) < 4.78 is 9.74. The van der Waals surface area contributed by atoms with Crippen molar-refractivity contribution in [1.82, 2.24) is 10.2 Å². The monoisotopic (exact) mass is 302 g/mol. The van der Waals surface area contributed by atoms with E-state index in [9.17, 15) is 14.7 Å². The zero-order valence-corrected chi connectivity index (χ0v) is 12.8. The smallest absolute Gasteiger partial charge is 0.409 e. The molecule has 0 aromatic carbocycles. The normalized spacial score (nSPS) is 17.4. The van der Waals surface area contributed by atoms with Crippen molar-refractivity contribution >= 4 is 12.1 Å². The molecule has 1 aliphatic heterocycles. The van der Waals surface area contributed by atoms with Gasteiger partial charge >= 0.3 is 12.1 Å². The highest BCUT2D eigenvalue weighted by molar-refractivity contribution is 5.69. The van der Waals surface area contributed by atoms with Gasteiger partial charge in [-0.1, -0.05) is 0 Å². The molecule has 7 heteroatoms. The van der Waals surface area contributed by atoms with Crippen molar-refractivity contribution in [2.24, 2.45) is 0 Å². The molecule has 21 heavy (non-hydrogen) atoms. The number of rotatable bonds is 7. The minimum atomic E-state index is -0.743. The molecule has 1 saturated heterocycles. The van der Waals surface area contributed by atoms with Crippen LogP contribution in [0.25, 0.3) is 0 Å². The molecule has 1 heterocycles. The van der Waals surface area contributed by atoms with E-state index in [2.05, 4.69) is 5.32 Å². The molecule has 0 saturated carbocycles. The number of nitrogens with one attached hydrogen (secondary N) is 1. The summed E-state index contributed by atoms with van der Waals surface area (Å²) in [7, 11) is 0. The lowest BCUT2D eigenvalue weighted by atomic mass is 10.1. The summed E-state index contributed by atoms with van der Waals surface area (Å²) in [6, 6.07) is 0.243. The Morgan fingerprint density at radius 3 is 2.43 bits per heavy atom. The van der Waals surface area contributed by atoms with E-state index in [1.54, 1.807) is 18.7 Å². The summed E-state index contributed by atoms with van der Waals surface area (Å²) in [5.74, 6) is -0.385. The zero-order valence-electron chi connectivity index (χ0n) is 12.8. The van der Waals surface area contributed by atoms with Crippen LogP contribution < -0.4 is 5.32 Å². The van der Waals surface area contributed by atoms with Crippen molar-refractivity contribution in [3.63, 3.8) is 0 Å². The second-order valence-electron chi connectivity index (χ2n) is 5.03. The standard InChI is InChI=1S/C14H26N2O5/c1-3-20-13(18)9-12(17)10-15-11-5-7-16(8-6-11)14(19)21-4-2/h11-12,15,17H,3-10H2,1-2H3. The maximum Gasteiger partial charge on any atom is 0.409 e. The van der Waals surface area contributed by atoms with E-state index < -0.39 is 6.10 Å². The Labute approximate surface area is 125 Å². The molecule has 2 N–H and O–H groups in total. The molecule has 1 rings (SSSR count). The van der Waals surface area contributed by atoms with E-state index in [1.807, 2.05) is 0 Å². The quantitative estimate of drug-likeness (QED) is 0.666. The van der Waals surface area contributed by atoms with Crippen molar-refractivity contribution < 1.29 is 24.2 Å². The summed E-state index contributed by atoms with van der Waals surface area (Å²) in [5, 5.41) is 13.0. The Kier molecular flexibility index (Phi) is 8.07. The van der Waals surface area contributed by atoms with Crippen LogP contribution in [0.4, 0.5) is 4.79 Å². The first-order chi connectivity index (χ1) is 10.1. The third kappa shape index (κ3) is 6.77. The van der Waals surface area contributed by atoms with E-state index in [0.29, 0.717) is 32.8 Å². The fourth-order valence-electron chi connectivity index (χ4n) is 2.27. The number of likely N-dealkylation sites (tertiary alicyclic amines) is 1. The van der Waals surface area contributed by atoms with Crippen LogP contribution >= 0.6 is 0 Å². The van der Waals surface area contributed by atoms with Crippen molar-refractivity contribution in [3.05, 3.63) is 0 Å². The highest BCUT2D eigenvalue weighted by Gasteiger charge is 2.23. The van der Waals surface area contributed by atoms with Gasteiger partial charge in [0, 0.05) is 25.7 Å². The minimum absolute atomic E-state index is 0.00249. The van der Waals surface area contributed by atoms with E-state index >= 15 is 0 Å². The molecular formula is C14H26N2O5. The number of carbonyl (C=O) groups is 2. The Hall–Kier alpha value is -1.34. The maximum atomic E-state index is 11.5. The highest BCUT2D eigenvalue weighted by Crippen LogP contribution is 2.11. The number of nitrogens with zero attached hydrogens (tertiary/aromatic N) is 1. The summed E-state index contributed by atoms with van der Waals surface area (Å²) in [5.41, 5.74) is 0. The van der Waals surface area contributed by atoms with Crippen LogP contribution in [-0.4, -0.2) is 67.1 Å². The van der Waals surface area contributed by atoms with Crippen LogP contribution in [0.5, 0.6) is 0 Å². The lowest BCUT2D eigenvalue weighted by molar-refractivity contribution is -0.145. The van der Waals surface area contributed by atoms with Crippen LogP contribution in [0, 0.1) is 0 Å². The SMILES string of the molecule is CCOC(=O)CC(O)CNC1CCN(C(=O)OCC)CC1. The van der Waals surface area contributed by atoms with Crippen LogP contribution in [0.3, 0.4) is 0 Å². The number of aliphatic hydroxyl groups is 1.